The average Bonchev–Trinajstić information content (AvgIpc) is 0.778. The molecule has 0 saturated heterocycles. The fourth-order valence-electron chi connectivity index (χ4n) is 11.2. The van der Waals surface area contributed by atoms with Crippen LogP contribution in [0.2, 0.25) is 0 Å². The Morgan fingerprint density at radius 2 is 0.360 bits per heavy atom. The summed E-state index contributed by atoms with van der Waals surface area (Å²) in [5.74, 6) is 0. The van der Waals surface area contributed by atoms with Gasteiger partial charge in [0.15, 0.2) is 14.3 Å². The van der Waals surface area contributed by atoms with E-state index < -0.39 is 14.3 Å². The Morgan fingerprint density at radius 3 is 0.523 bits per heavy atom. The molecule has 0 radical (unpaired) electrons. The van der Waals surface area contributed by atoms with Crippen molar-refractivity contribution in [3.63, 3.8) is 0 Å². The molecular weight excluding hydrogens is 1090 g/mol. The molecule has 0 spiro atoms. The van der Waals surface area contributed by atoms with Gasteiger partial charge in [0.25, 0.3) is 0 Å². The normalized spacial score (nSPS) is 10.8. The molecule has 0 aromatic heterocycles. The maximum Gasteiger partial charge on any atom is 0.171 e. The molecule has 0 N–H and O–H groups in total. The van der Waals surface area contributed by atoms with Crippen molar-refractivity contribution in [1.82, 2.24) is 0 Å². The van der Waals surface area contributed by atoms with Crippen molar-refractivity contribution in [3.8, 4) is 115 Å². The molecule has 12 heteroatoms. The van der Waals surface area contributed by atoms with Gasteiger partial charge < -0.3 is 9.13 Å². The van der Waals surface area contributed by atoms with Crippen molar-refractivity contribution in [2.45, 2.75) is 0 Å². The van der Waals surface area contributed by atoms with Crippen molar-refractivity contribution < 1.29 is 9.13 Å². The van der Waals surface area contributed by atoms with E-state index in [2.05, 4.69) is 48.6 Å². The summed E-state index contributed by atoms with van der Waals surface area (Å²) in [5, 5.41) is 82.7. The number of nitrogens with zero attached hydrogens (tertiary/aromatic N) is 8. The minimum atomic E-state index is -4.10. The smallest absolute Gasteiger partial charge is 0.171 e. The van der Waals surface area contributed by atoms with Crippen molar-refractivity contribution in [1.29, 1.82) is 42.1 Å². The van der Waals surface area contributed by atoms with E-state index in [4.69, 9.17) is 0 Å². The molecule has 0 aliphatic rings. The van der Waals surface area contributed by atoms with Crippen LogP contribution in [0.1, 0.15) is 44.5 Å². The molecule has 11 aromatic carbocycles. The second kappa shape index (κ2) is 23.7. The molecular formula is C74H40N8O2P2. The van der Waals surface area contributed by atoms with Gasteiger partial charge >= 0.3 is 0 Å². The molecule has 0 saturated carbocycles. The molecule has 11 rings (SSSR count). The van der Waals surface area contributed by atoms with Gasteiger partial charge in [0.2, 0.25) is 0 Å². The molecule has 86 heavy (non-hydrogen) atoms. The van der Waals surface area contributed by atoms with Gasteiger partial charge in [-0.3, -0.25) is 0 Å². The van der Waals surface area contributed by atoms with Crippen LogP contribution in [0.25, 0.3) is 66.8 Å². The first kappa shape index (κ1) is 55.7. The summed E-state index contributed by atoms with van der Waals surface area (Å²) < 4.78 is 32.9. The molecule has 0 bridgehead atoms. The quantitative estimate of drug-likeness (QED) is 0.105. The van der Waals surface area contributed by atoms with E-state index in [0.29, 0.717) is 10.6 Å². The minimum absolute atomic E-state index is 0.109. The third-order valence-electron chi connectivity index (χ3n) is 14.9. The lowest BCUT2D eigenvalue weighted by atomic mass is 9.74. The van der Waals surface area contributed by atoms with Crippen LogP contribution >= 0.6 is 14.3 Å². The van der Waals surface area contributed by atoms with Gasteiger partial charge in [-0.2, -0.15) is 42.1 Å². The summed E-state index contributed by atoms with van der Waals surface area (Å²) in [7, 11) is -8.21. The largest absolute Gasteiger partial charge is 0.309 e. The van der Waals surface area contributed by atoms with Crippen LogP contribution in [-0.2, 0) is 9.13 Å². The standard InChI is InChI=1S/C74H40N8O2P2/c75-41-49-29-50(42-76)34-65(33-49)85(83,66-35-51(43-77)30-52(36-66)44-78)63-25-21-61(22-26-63)73-69(57-13-5-1-6-14-57)70(58-15-7-2-8-16-58)74(72(60-19-11-4-12-20-60)71(73)59-17-9-3-10-18-59)62-23-27-64(28-24-62)86(84,67-37-53(45-79)31-54(38-67)46-80)68-39-55(47-81)32-56(40-68)48-82/h1-40H. The zero-order valence-corrected chi connectivity index (χ0v) is 47.2. The monoisotopic (exact) mass is 1130 g/mol. The van der Waals surface area contributed by atoms with Crippen LogP contribution in [0.3, 0.4) is 0 Å². The Balaban J connectivity index is 1.26. The third kappa shape index (κ3) is 10.2. The first-order valence-electron chi connectivity index (χ1n) is 26.7. The Morgan fingerprint density at radius 1 is 0.198 bits per heavy atom. The molecule has 0 amide bonds. The summed E-state index contributed by atoms with van der Waals surface area (Å²) in [5.41, 5.74) is 10.6. The van der Waals surface area contributed by atoms with Gasteiger partial charge in [0.1, 0.15) is 0 Å². The lowest BCUT2D eigenvalue weighted by Gasteiger charge is -2.29. The summed E-state index contributed by atoms with van der Waals surface area (Å²) in [6.45, 7) is 0. The van der Waals surface area contributed by atoms with Crippen LogP contribution in [0.4, 0.5) is 0 Å². The first-order valence-corrected chi connectivity index (χ1v) is 30.1. The summed E-state index contributed by atoms with van der Waals surface area (Å²) in [6, 6.07) is 89.0. The number of benzene rings is 11. The molecule has 0 heterocycles. The predicted octanol–water partition coefficient (Wildman–Crippen LogP) is 13.9. The second-order valence-corrected chi connectivity index (χ2v) is 25.5. The topological polar surface area (TPSA) is 224 Å². The predicted molar refractivity (Wildman–Crippen MR) is 336 cm³/mol. The SMILES string of the molecule is N#Cc1cc(C#N)cc(P(=O)(c2ccc(-c3c(-c4ccccc4)c(-c4ccccc4)c(-c4ccc(P(=O)(c5cc(C#N)cc(C#N)c5)c5cc(C#N)cc(C#N)c5)cc4)c(-c4ccccc4)c3-c3ccccc3)cc2)c2cc(C#N)cc(C#N)c2)c1. The highest BCUT2D eigenvalue weighted by Crippen LogP contribution is 2.56. The summed E-state index contributed by atoms with van der Waals surface area (Å²) in [4.78, 5) is 0. The Bertz CT molecular complexity index is 4300. The zero-order valence-electron chi connectivity index (χ0n) is 45.4. The third-order valence-corrected chi connectivity index (χ3v) is 20.9. The van der Waals surface area contributed by atoms with E-state index in [1.54, 1.807) is 24.3 Å². The Labute approximate surface area is 497 Å². The average molecular weight is 1140 g/mol. The van der Waals surface area contributed by atoms with Crippen LogP contribution in [0.15, 0.2) is 243 Å². The van der Waals surface area contributed by atoms with Gasteiger partial charge in [0.05, 0.1) is 93.1 Å². The van der Waals surface area contributed by atoms with E-state index in [-0.39, 0.29) is 65.7 Å². The van der Waals surface area contributed by atoms with Gasteiger partial charge in [-0.15, -0.1) is 0 Å². The molecule has 10 nitrogen and oxygen atoms in total. The van der Waals surface area contributed by atoms with E-state index in [9.17, 15) is 42.1 Å². The van der Waals surface area contributed by atoms with Crippen LogP contribution in [-0.4, -0.2) is 0 Å². The zero-order chi connectivity index (χ0) is 60.0. The maximum absolute atomic E-state index is 16.5. The summed E-state index contributed by atoms with van der Waals surface area (Å²) >= 11 is 0. The molecule has 0 fully saturated rings. The molecule has 398 valence electrons. The van der Waals surface area contributed by atoms with Gasteiger partial charge in [-0.1, -0.05) is 170 Å². The Kier molecular flexibility index (Phi) is 15.4. The lowest BCUT2D eigenvalue weighted by molar-refractivity contribution is 0.591. The van der Waals surface area contributed by atoms with Crippen molar-refractivity contribution >= 4 is 46.1 Å². The highest BCUT2D eigenvalue weighted by atomic mass is 31.2. The molecule has 0 unspecified atom stereocenters. The minimum Gasteiger partial charge on any atom is -0.309 e. The van der Waals surface area contributed by atoms with E-state index in [0.717, 1.165) is 66.8 Å². The fourth-order valence-corrected chi connectivity index (χ4v) is 16.7. The van der Waals surface area contributed by atoms with Crippen LogP contribution in [0.5, 0.6) is 0 Å². The summed E-state index contributed by atoms with van der Waals surface area (Å²) in [6.07, 6.45) is 0. The highest BCUT2D eigenvalue weighted by Gasteiger charge is 2.36. The number of rotatable bonds is 12. The first-order chi connectivity index (χ1) is 42.0. The van der Waals surface area contributed by atoms with E-state index in [1.807, 2.05) is 146 Å². The lowest BCUT2D eigenvalue weighted by Crippen LogP contribution is -2.26. The van der Waals surface area contributed by atoms with E-state index in [1.165, 1.54) is 72.8 Å². The van der Waals surface area contributed by atoms with E-state index >= 15 is 9.13 Å². The van der Waals surface area contributed by atoms with Gasteiger partial charge in [-0.05, 0) is 140 Å². The fraction of sp³-hybridized carbons (Fsp3) is 0. The van der Waals surface area contributed by atoms with Crippen molar-refractivity contribution in [2.75, 3.05) is 0 Å². The molecule has 0 aliphatic carbocycles. The van der Waals surface area contributed by atoms with Gasteiger partial charge in [-0.25, -0.2) is 0 Å². The number of hydrogen-bond donors (Lipinski definition) is 0. The molecule has 0 aliphatic heterocycles. The maximum atomic E-state index is 16.5. The van der Waals surface area contributed by atoms with Crippen LogP contribution in [0, 0.1) is 90.6 Å². The van der Waals surface area contributed by atoms with Crippen molar-refractivity contribution in [3.05, 3.63) is 287 Å². The highest BCUT2D eigenvalue weighted by molar-refractivity contribution is 7.85. The Hall–Kier alpha value is -12.2. The molecule has 0 atom stereocenters. The van der Waals surface area contributed by atoms with Crippen molar-refractivity contribution in [2.24, 2.45) is 0 Å². The van der Waals surface area contributed by atoms with Crippen LogP contribution < -0.4 is 31.8 Å². The number of nitriles is 8. The molecule has 11 aromatic rings. The second-order valence-electron chi connectivity index (χ2n) is 20.0. The van der Waals surface area contributed by atoms with Gasteiger partial charge in [0, 0.05) is 31.8 Å². The number of hydrogen-bond acceptors (Lipinski definition) is 10.